The first-order valence-electron chi connectivity index (χ1n) is 3.53. The van der Waals surface area contributed by atoms with E-state index in [2.05, 4.69) is 20.9 Å². The lowest BCUT2D eigenvalue weighted by atomic mass is 10.1. The zero-order valence-electron chi connectivity index (χ0n) is 6.77. The summed E-state index contributed by atoms with van der Waals surface area (Å²) in [4.78, 5) is 2.99. The molecule has 0 atom stereocenters. The molecule has 0 aliphatic carbocycles. The average Bonchev–Trinajstić information content (AvgIpc) is 2.16. The molecular formula is C8H4BrF3N2. The summed E-state index contributed by atoms with van der Waals surface area (Å²) in [7, 11) is 0. The lowest BCUT2D eigenvalue weighted by Gasteiger charge is -2.05. The maximum absolute atomic E-state index is 12.7. The first-order valence-corrected chi connectivity index (χ1v) is 4.65. The number of halogens is 4. The van der Waals surface area contributed by atoms with Crippen LogP contribution in [0.5, 0.6) is 0 Å². The van der Waals surface area contributed by atoms with Crippen LogP contribution in [-0.4, -0.2) is 4.98 Å². The number of pyridine rings is 1. The van der Waals surface area contributed by atoms with Gasteiger partial charge in [0.2, 0.25) is 5.95 Å². The van der Waals surface area contributed by atoms with E-state index in [-0.39, 0.29) is 16.5 Å². The topological polar surface area (TPSA) is 36.7 Å². The number of hydrogen-bond donors (Lipinski definition) is 0. The van der Waals surface area contributed by atoms with Crippen LogP contribution in [-0.2, 0) is 5.33 Å². The molecule has 0 aromatic carbocycles. The highest BCUT2D eigenvalue weighted by Gasteiger charge is 2.19. The van der Waals surface area contributed by atoms with Crippen molar-refractivity contribution in [3.8, 4) is 6.07 Å². The van der Waals surface area contributed by atoms with Crippen molar-refractivity contribution >= 4 is 15.9 Å². The van der Waals surface area contributed by atoms with Crippen molar-refractivity contribution in [2.75, 3.05) is 0 Å². The summed E-state index contributed by atoms with van der Waals surface area (Å²) in [6.07, 6.45) is -2.95. The highest BCUT2D eigenvalue weighted by atomic mass is 79.9. The largest absolute Gasteiger partial charge is 0.281 e. The Morgan fingerprint density at radius 3 is 2.64 bits per heavy atom. The van der Waals surface area contributed by atoms with Gasteiger partial charge >= 0.3 is 0 Å². The molecule has 0 saturated heterocycles. The van der Waals surface area contributed by atoms with Crippen LogP contribution in [0.1, 0.15) is 23.2 Å². The van der Waals surface area contributed by atoms with E-state index in [1.54, 1.807) is 6.07 Å². The Hall–Kier alpha value is -1.09. The monoisotopic (exact) mass is 264 g/mol. The zero-order chi connectivity index (χ0) is 10.7. The number of alkyl halides is 3. The molecule has 0 unspecified atom stereocenters. The molecule has 0 radical (unpaired) electrons. The van der Waals surface area contributed by atoms with E-state index in [0.29, 0.717) is 0 Å². The van der Waals surface area contributed by atoms with E-state index >= 15 is 0 Å². The SMILES string of the molecule is N#Cc1c(CBr)cc(F)nc1C(F)F. The quantitative estimate of drug-likeness (QED) is 0.609. The summed E-state index contributed by atoms with van der Waals surface area (Å²) >= 11 is 2.98. The highest BCUT2D eigenvalue weighted by Crippen LogP contribution is 2.24. The minimum atomic E-state index is -2.95. The van der Waals surface area contributed by atoms with Gasteiger partial charge in [-0.05, 0) is 11.6 Å². The molecule has 0 aliphatic heterocycles. The third-order valence-corrected chi connectivity index (χ3v) is 2.16. The molecular weight excluding hydrogens is 261 g/mol. The fourth-order valence-electron chi connectivity index (χ4n) is 0.976. The molecule has 0 amide bonds. The molecule has 6 heteroatoms. The van der Waals surface area contributed by atoms with Crippen molar-refractivity contribution in [2.24, 2.45) is 0 Å². The van der Waals surface area contributed by atoms with Crippen LogP contribution in [0.15, 0.2) is 6.07 Å². The van der Waals surface area contributed by atoms with Gasteiger partial charge in [-0.1, -0.05) is 15.9 Å². The molecule has 0 aliphatic rings. The van der Waals surface area contributed by atoms with E-state index in [1.165, 1.54) is 0 Å². The molecule has 0 N–H and O–H groups in total. The predicted molar refractivity (Wildman–Crippen MR) is 46.5 cm³/mol. The van der Waals surface area contributed by atoms with E-state index in [0.717, 1.165) is 6.07 Å². The molecule has 74 valence electrons. The Bertz CT molecular complexity index is 387. The maximum Gasteiger partial charge on any atom is 0.281 e. The van der Waals surface area contributed by atoms with E-state index < -0.39 is 18.1 Å². The van der Waals surface area contributed by atoms with Gasteiger partial charge in [-0.15, -0.1) is 0 Å². The lowest BCUT2D eigenvalue weighted by Crippen LogP contribution is -2.02. The summed E-state index contributed by atoms with van der Waals surface area (Å²) in [5.41, 5.74) is -0.893. The van der Waals surface area contributed by atoms with Gasteiger partial charge in [0, 0.05) is 5.33 Å². The third-order valence-electron chi connectivity index (χ3n) is 1.56. The van der Waals surface area contributed by atoms with Gasteiger partial charge in [0.15, 0.2) is 0 Å². The van der Waals surface area contributed by atoms with Crippen molar-refractivity contribution in [3.05, 3.63) is 28.8 Å². The van der Waals surface area contributed by atoms with Crippen molar-refractivity contribution in [1.29, 1.82) is 5.26 Å². The number of rotatable bonds is 2. The van der Waals surface area contributed by atoms with Gasteiger partial charge in [0.25, 0.3) is 6.43 Å². The predicted octanol–water partition coefficient (Wildman–Crippen LogP) is 2.92. The smallest absolute Gasteiger partial charge is 0.217 e. The van der Waals surface area contributed by atoms with Gasteiger partial charge in [0.05, 0.1) is 5.56 Å². The van der Waals surface area contributed by atoms with Crippen LogP contribution in [0.25, 0.3) is 0 Å². The second-order valence-corrected chi connectivity index (χ2v) is 2.97. The normalized spacial score (nSPS) is 10.3. The summed E-state index contributed by atoms with van der Waals surface area (Å²) in [6.45, 7) is 0. The Morgan fingerprint density at radius 1 is 1.57 bits per heavy atom. The van der Waals surface area contributed by atoms with Gasteiger partial charge in [0.1, 0.15) is 11.8 Å². The molecule has 0 fully saturated rings. The fourth-order valence-corrected chi connectivity index (χ4v) is 1.42. The molecule has 0 spiro atoms. The van der Waals surface area contributed by atoms with Crippen LogP contribution in [0.3, 0.4) is 0 Å². The maximum atomic E-state index is 12.7. The number of nitriles is 1. The zero-order valence-corrected chi connectivity index (χ0v) is 8.35. The van der Waals surface area contributed by atoms with Gasteiger partial charge in [-0.3, -0.25) is 0 Å². The summed E-state index contributed by atoms with van der Waals surface area (Å²) in [5, 5.41) is 8.74. The second-order valence-electron chi connectivity index (χ2n) is 2.41. The van der Waals surface area contributed by atoms with Crippen molar-refractivity contribution < 1.29 is 13.2 Å². The van der Waals surface area contributed by atoms with Crippen LogP contribution in [0.2, 0.25) is 0 Å². The summed E-state index contributed by atoms with van der Waals surface area (Å²) in [5.74, 6) is -1.01. The Balaban J connectivity index is 3.41. The minimum absolute atomic E-state index is 0.134. The van der Waals surface area contributed by atoms with Crippen LogP contribution in [0.4, 0.5) is 13.2 Å². The number of hydrogen-bond acceptors (Lipinski definition) is 2. The van der Waals surface area contributed by atoms with Gasteiger partial charge < -0.3 is 0 Å². The molecule has 1 rings (SSSR count). The van der Waals surface area contributed by atoms with Gasteiger partial charge in [-0.2, -0.15) is 9.65 Å². The summed E-state index contributed by atoms with van der Waals surface area (Å²) < 4.78 is 37.3. The first kappa shape index (κ1) is 11.0. The Kier molecular flexibility index (Phi) is 3.47. The second kappa shape index (κ2) is 4.42. The molecule has 0 bridgehead atoms. The first-order chi connectivity index (χ1) is 6.60. The van der Waals surface area contributed by atoms with E-state index in [4.69, 9.17) is 5.26 Å². The van der Waals surface area contributed by atoms with Crippen molar-refractivity contribution in [2.45, 2.75) is 11.8 Å². The summed E-state index contributed by atoms with van der Waals surface area (Å²) in [6, 6.07) is 2.54. The minimum Gasteiger partial charge on any atom is -0.217 e. The molecule has 1 aromatic rings. The number of nitrogens with zero attached hydrogens (tertiary/aromatic N) is 2. The van der Waals surface area contributed by atoms with Crippen LogP contribution < -0.4 is 0 Å². The average molecular weight is 265 g/mol. The van der Waals surface area contributed by atoms with E-state index in [1.807, 2.05) is 0 Å². The molecule has 14 heavy (non-hydrogen) atoms. The lowest BCUT2D eigenvalue weighted by molar-refractivity contribution is 0.144. The number of aromatic nitrogens is 1. The van der Waals surface area contributed by atoms with Crippen molar-refractivity contribution in [1.82, 2.24) is 4.98 Å². The molecule has 0 saturated carbocycles. The van der Waals surface area contributed by atoms with E-state index in [9.17, 15) is 13.2 Å². The molecule has 1 aromatic heterocycles. The molecule has 2 nitrogen and oxygen atoms in total. The van der Waals surface area contributed by atoms with Crippen LogP contribution >= 0.6 is 15.9 Å². The molecule has 1 heterocycles. The third kappa shape index (κ3) is 2.04. The Morgan fingerprint density at radius 2 is 2.21 bits per heavy atom. The Labute approximate surface area is 86.5 Å². The van der Waals surface area contributed by atoms with Crippen LogP contribution in [0, 0.1) is 17.3 Å². The highest BCUT2D eigenvalue weighted by molar-refractivity contribution is 9.08. The fraction of sp³-hybridized carbons (Fsp3) is 0.250. The van der Waals surface area contributed by atoms with Crippen molar-refractivity contribution in [3.63, 3.8) is 0 Å². The standard InChI is InChI=1S/C8H4BrF3N2/c9-2-4-1-6(10)14-7(8(11)12)5(4)3-13/h1,8H,2H2. The van der Waals surface area contributed by atoms with Gasteiger partial charge in [-0.25, -0.2) is 13.8 Å².